The monoisotopic (exact) mass is 321 g/mol. The maximum absolute atomic E-state index is 6.20. The summed E-state index contributed by atoms with van der Waals surface area (Å²) in [6.07, 6.45) is 3.25. The highest BCUT2D eigenvalue weighted by Gasteiger charge is 2.27. The Labute approximate surface area is 134 Å². The fourth-order valence-corrected chi connectivity index (χ4v) is 2.48. The maximum atomic E-state index is 6.20. The SMILES string of the molecule is Cc1c(Cl)nc(C2CC2)nc1NCCc1ccc(Cl)cc1. The van der Waals surface area contributed by atoms with E-state index in [1.165, 1.54) is 18.4 Å². The van der Waals surface area contributed by atoms with Crippen molar-refractivity contribution >= 4 is 29.0 Å². The molecule has 3 rings (SSSR count). The highest BCUT2D eigenvalue weighted by atomic mass is 35.5. The van der Waals surface area contributed by atoms with Crippen molar-refractivity contribution in [1.29, 1.82) is 0 Å². The van der Waals surface area contributed by atoms with Gasteiger partial charge >= 0.3 is 0 Å². The van der Waals surface area contributed by atoms with Crippen molar-refractivity contribution in [2.45, 2.75) is 32.1 Å². The normalized spacial score (nSPS) is 14.2. The molecule has 110 valence electrons. The standard InChI is InChI=1S/C16H17Cl2N3/c1-10-14(18)20-16(12-4-5-12)21-15(10)19-9-8-11-2-6-13(17)7-3-11/h2-3,6-7,12H,4-5,8-9H2,1H3,(H,19,20,21). The molecule has 1 aliphatic carbocycles. The van der Waals surface area contributed by atoms with E-state index in [9.17, 15) is 0 Å². The molecule has 0 radical (unpaired) electrons. The summed E-state index contributed by atoms with van der Waals surface area (Å²) in [5.74, 6) is 2.23. The summed E-state index contributed by atoms with van der Waals surface area (Å²) in [7, 11) is 0. The molecule has 1 heterocycles. The lowest BCUT2D eigenvalue weighted by atomic mass is 10.1. The number of rotatable bonds is 5. The van der Waals surface area contributed by atoms with Crippen molar-refractivity contribution < 1.29 is 0 Å². The summed E-state index contributed by atoms with van der Waals surface area (Å²) in [5.41, 5.74) is 2.16. The predicted octanol–water partition coefficient (Wildman–Crippen LogP) is 4.62. The number of benzene rings is 1. The summed E-state index contributed by atoms with van der Waals surface area (Å²) >= 11 is 12.1. The second-order valence-electron chi connectivity index (χ2n) is 5.42. The van der Waals surface area contributed by atoms with E-state index in [4.69, 9.17) is 23.2 Å². The van der Waals surface area contributed by atoms with Crippen LogP contribution in [0.15, 0.2) is 24.3 Å². The Bertz CT molecular complexity index is 637. The molecule has 1 fully saturated rings. The summed E-state index contributed by atoms with van der Waals surface area (Å²) < 4.78 is 0. The van der Waals surface area contributed by atoms with Gasteiger partial charge in [0.2, 0.25) is 0 Å². The zero-order chi connectivity index (χ0) is 14.8. The topological polar surface area (TPSA) is 37.8 Å². The van der Waals surface area contributed by atoms with E-state index in [1.807, 2.05) is 31.2 Å². The van der Waals surface area contributed by atoms with Crippen LogP contribution in [0.3, 0.4) is 0 Å². The molecule has 0 bridgehead atoms. The fraction of sp³-hybridized carbons (Fsp3) is 0.375. The highest BCUT2D eigenvalue weighted by molar-refractivity contribution is 6.30. The maximum Gasteiger partial charge on any atom is 0.137 e. The Morgan fingerprint density at radius 2 is 1.86 bits per heavy atom. The molecule has 3 nitrogen and oxygen atoms in total. The molecule has 0 aliphatic heterocycles. The lowest BCUT2D eigenvalue weighted by molar-refractivity contribution is 0.906. The van der Waals surface area contributed by atoms with Gasteiger partial charge in [-0.2, -0.15) is 0 Å². The van der Waals surface area contributed by atoms with Crippen molar-refractivity contribution in [2.24, 2.45) is 0 Å². The number of nitrogens with one attached hydrogen (secondary N) is 1. The van der Waals surface area contributed by atoms with E-state index in [0.29, 0.717) is 11.1 Å². The van der Waals surface area contributed by atoms with Gasteiger partial charge in [0, 0.05) is 23.0 Å². The van der Waals surface area contributed by atoms with Crippen molar-refractivity contribution in [3.63, 3.8) is 0 Å². The van der Waals surface area contributed by atoms with Gasteiger partial charge in [0.05, 0.1) is 0 Å². The minimum absolute atomic E-state index is 0.500. The Morgan fingerprint density at radius 3 is 2.52 bits per heavy atom. The van der Waals surface area contributed by atoms with Crippen LogP contribution in [0.4, 0.5) is 5.82 Å². The van der Waals surface area contributed by atoms with Gasteiger partial charge in [-0.15, -0.1) is 0 Å². The molecular formula is C16H17Cl2N3. The smallest absolute Gasteiger partial charge is 0.137 e. The minimum Gasteiger partial charge on any atom is -0.369 e. The van der Waals surface area contributed by atoms with Crippen molar-refractivity contribution in [2.75, 3.05) is 11.9 Å². The minimum atomic E-state index is 0.500. The van der Waals surface area contributed by atoms with Gasteiger partial charge < -0.3 is 5.32 Å². The van der Waals surface area contributed by atoms with Gasteiger partial charge in [0.1, 0.15) is 16.8 Å². The molecule has 5 heteroatoms. The number of anilines is 1. The van der Waals surface area contributed by atoms with Gasteiger partial charge in [-0.1, -0.05) is 35.3 Å². The Kier molecular flexibility index (Phi) is 4.32. The second-order valence-corrected chi connectivity index (χ2v) is 6.22. The second kappa shape index (κ2) is 6.20. The molecule has 1 N–H and O–H groups in total. The molecule has 0 spiro atoms. The summed E-state index contributed by atoms with van der Waals surface area (Å²) in [4.78, 5) is 8.98. The third-order valence-corrected chi connectivity index (χ3v) is 4.29. The van der Waals surface area contributed by atoms with E-state index in [1.54, 1.807) is 0 Å². The van der Waals surface area contributed by atoms with Gasteiger partial charge in [-0.25, -0.2) is 9.97 Å². The first-order chi connectivity index (χ1) is 10.1. The van der Waals surface area contributed by atoms with Crippen LogP contribution in [0, 0.1) is 6.92 Å². The van der Waals surface area contributed by atoms with Crippen LogP contribution in [0.25, 0.3) is 0 Å². The summed E-state index contributed by atoms with van der Waals surface area (Å²) in [5, 5.41) is 4.69. The quantitative estimate of drug-likeness (QED) is 0.816. The first-order valence-corrected chi connectivity index (χ1v) is 7.91. The first-order valence-electron chi connectivity index (χ1n) is 7.16. The van der Waals surface area contributed by atoms with E-state index in [2.05, 4.69) is 15.3 Å². The Morgan fingerprint density at radius 1 is 1.14 bits per heavy atom. The number of hydrogen-bond acceptors (Lipinski definition) is 3. The molecule has 0 amide bonds. The first kappa shape index (κ1) is 14.6. The molecule has 1 aromatic heterocycles. The zero-order valence-electron chi connectivity index (χ0n) is 11.9. The molecule has 0 unspecified atom stereocenters. The average Bonchev–Trinajstić information content (AvgIpc) is 3.30. The van der Waals surface area contributed by atoms with Gasteiger partial charge in [0.15, 0.2) is 0 Å². The van der Waals surface area contributed by atoms with Crippen molar-refractivity contribution in [3.05, 3.63) is 51.4 Å². The fourth-order valence-electron chi connectivity index (χ4n) is 2.18. The van der Waals surface area contributed by atoms with E-state index in [0.717, 1.165) is 35.2 Å². The lowest BCUT2D eigenvalue weighted by Gasteiger charge is -2.11. The molecular weight excluding hydrogens is 305 g/mol. The molecule has 0 atom stereocenters. The largest absolute Gasteiger partial charge is 0.369 e. The van der Waals surface area contributed by atoms with Crippen molar-refractivity contribution in [1.82, 2.24) is 9.97 Å². The van der Waals surface area contributed by atoms with Crippen LogP contribution in [0.5, 0.6) is 0 Å². The van der Waals surface area contributed by atoms with Crippen LogP contribution in [-0.2, 0) is 6.42 Å². The molecule has 1 aliphatic rings. The van der Waals surface area contributed by atoms with Crippen LogP contribution in [0.1, 0.15) is 35.7 Å². The van der Waals surface area contributed by atoms with E-state index in [-0.39, 0.29) is 0 Å². The number of nitrogens with zero attached hydrogens (tertiary/aromatic N) is 2. The molecule has 0 saturated heterocycles. The number of aromatic nitrogens is 2. The Balaban J connectivity index is 1.65. The lowest BCUT2D eigenvalue weighted by Crippen LogP contribution is -2.10. The summed E-state index contributed by atoms with van der Waals surface area (Å²) in [6.45, 7) is 2.75. The van der Waals surface area contributed by atoms with Crippen molar-refractivity contribution in [3.8, 4) is 0 Å². The third-order valence-electron chi connectivity index (χ3n) is 3.67. The van der Waals surface area contributed by atoms with Crippen LogP contribution >= 0.6 is 23.2 Å². The predicted molar refractivity (Wildman–Crippen MR) is 87.4 cm³/mol. The third kappa shape index (κ3) is 3.66. The molecule has 1 saturated carbocycles. The van der Waals surface area contributed by atoms with Crippen LogP contribution in [0.2, 0.25) is 10.2 Å². The van der Waals surface area contributed by atoms with Crippen LogP contribution < -0.4 is 5.32 Å². The van der Waals surface area contributed by atoms with E-state index < -0.39 is 0 Å². The zero-order valence-corrected chi connectivity index (χ0v) is 13.4. The number of hydrogen-bond donors (Lipinski definition) is 1. The van der Waals surface area contributed by atoms with Gasteiger partial charge in [0.25, 0.3) is 0 Å². The Hall–Kier alpha value is -1.32. The average molecular weight is 322 g/mol. The van der Waals surface area contributed by atoms with E-state index >= 15 is 0 Å². The number of halogens is 2. The van der Waals surface area contributed by atoms with Crippen LogP contribution in [-0.4, -0.2) is 16.5 Å². The van der Waals surface area contributed by atoms with Gasteiger partial charge in [-0.05, 0) is 43.9 Å². The molecule has 2 aromatic rings. The molecule has 1 aromatic carbocycles. The van der Waals surface area contributed by atoms with Gasteiger partial charge in [-0.3, -0.25) is 0 Å². The molecule has 21 heavy (non-hydrogen) atoms. The highest BCUT2D eigenvalue weighted by Crippen LogP contribution is 2.39. The summed E-state index contributed by atoms with van der Waals surface area (Å²) in [6, 6.07) is 7.91.